The lowest BCUT2D eigenvalue weighted by atomic mass is 9.71. The number of pyridine rings is 1. The molecule has 3 atom stereocenters. The number of halogens is 2. The molecule has 5 rings (SSSR count). The number of ether oxygens (including phenoxy) is 2. The van der Waals surface area contributed by atoms with E-state index in [4.69, 9.17) is 31.8 Å². The number of benzene rings is 1. The summed E-state index contributed by atoms with van der Waals surface area (Å²) in [5, 5.41) is 12.8. The number of anilines is 1. The molecule has 1 aliphatic heterocycles. The molecule has 0 unspecified atom stereocenters. The number of rotatable bonds is 5. The molecule has 33 heavy (non-hydrogen) atoms. The fourth-order valence-electron chi connectivity index (χ4n) is 5.41. The number of alkyl halides is 1. The van der Waals surface area contributed by atoms with Crippen molar-refractivity contribution in [1.29, 1.82) is 0 Å². The highest BCUT2D eigenvalue weighted by molar-refractivity contribution is 9.10. The third-order valence-electron chi connectivity index (χ3n) is 6.67. The fourth-order valence-corrected chi connectivity index (χ4v) is 6.11. The Morgan fingerprint density at radius 2 is 1.97 bits per heavy atom. The summed E-state index contributed by atoms with van der Waals surface area (Å²) >= 11 is 9.64. The highest BCUT2D eigenvalue weighted by Crippen LogP contribution is 2.69. The molecule has 2 aromatic heterocycles. The second-order valence-corrected chi connectivity index (χ2v) is 9.49. The molecule has 3 heterocycles. The maximum Gasteiger partial charge on any atom is 0.180 e. The summed E-state index contributed by atoms with van der Waals surface area (Å²) in [4.78, 5) is 13.7. The first-order valence-electron chi connectivity index (χ1n) is 10.8. The number of aryl methyl sites for hydroxylation is 1. The van der Waals surface area contributed by atoms with E-state index in [-0.39, 0.29) is 11.8 Å². The minimum atomic E-state index is -1.62. The topological polar surface area (TPSA) is 103 Å². The van der Waals surface area contributed by atoms with E-state index in [2.05, 4.69) is 32.8 Å². The molecule has 0 fully saturated rings. The summed E-state index contributed by atoms with van der Waals surface area (Å²) in [7, 11) is 1.62. The maximum absolute atomic E-state index is 12.8. The van der Waals surface area contributed by atoms with Gasteiger partial charge in [-0.25, -0.2) is 15.0 Å². The van der Waals surface area contributed by atoms with Crippen LogP contribution in [0.2, 0.25) is 0 Å². The molecule has 0 bridgehead atoms. The summed E-state index contributed by atoms with van der Waals surface area (Å²) < 4.78 is 12.7. The van der Waals surface area contributed by atoms with Gasteiger partial charge in [-0.2, -0.15) is 0 Å². The molecule has 0 radical (unpaired) electrons. The zero-order chi connectivity index (χ0) is 23.5. The van der Waals surface area contributed by atoms with Crippen LogP contribution in [-0.4, -0.2) is 27.2 Å². The van der Waals surface area contributed by atoms with E-state index in [1.165, 1.54) is 0 Å². The third kappa shape index (κ3) is 2.87. The van der Waals surface area contributed by atoms with Gasteiger partial charge >= 0.3 is 0 Å². The Balaban J connectivity index is 1.91. The zero-order valence-corrected chi connectivity index (χ0v) is 20.9. The summed E-state index contributed by atoms with van der Waals surface area (Å²) in [5.41, 5.74) is 6.90. The molecule has 9 heteroatoms. The van der Waals surface area contributed by atoms with Crippen LogP contribution in [0, 0.1) is 6.92 Å². The van der Waals surface area contributed by atoms with E-state index in [1.54, 1.807) is 7.11 Å². The molecule has 0 saturated carbocycles. The lowest BCUT2D eigenvalue weighted by molar-refractivity contribution is -0.0982. The SMILES string of the molecule is CCC[C@@H]1c2c(N)nc(CCl)nc2[C@@]2(O)c3cc(C)nc(Br)c3O[C@@]12c1ccc(OC)cc1. The van der Waals surface area contributed by atoms with E-state index in [1.807, 2.05) is 37.3 Å². The molecule has 2 aliphatic rings. The molecule has 0 saturated heterocycles. The van der Waals surface area contributed by atoms with E-state index < -0.39 is 11.2 Å². The number of aromatic nitrogens is 3. The van der Waals surface area contributed by atoms with Gasteiger partial charge in [0.15, 0.2) is 17.0 Å². The molecule has 7 nitrogen and oxygen atoms in total. The van der Waals surface area contributed by atoms with Crippen molar-refractivity contribution in [2.45, 2.75) is 49.7 Å². The Morgan fingerprint density at radius 3 is 2.61 bits per heavy atom. The molecule has 172 valence electrons. The lowest BCUT2D eigenvalue weighted by Crippen LogP contribution is -2.49. The van der Waals surface area contributed by atoms with E-state index in [0.29, 0.717) is 51.0 Å². The zero-order valence-electron chi connectivity index (χ0n) is 18.5. The first-order chi connectivity index (χ1) is 15.8. The summed E-state index contributed by atoms with van der Waals surface area (Å²) in [5.74, 6) is 1.66. The van der Waals surface area contributed by atoms with Gasteiger partial charge in [0.25, 0.3) is 0 Å². The normalized spacial score (nSPS) is 24.7. The summed E-state index contributed by atoms with van der Waals surface area (Å²) in [6.07, 6.45) is 1.54. The number of hydrogen-bond donors (Lipinski definition) is 2. The molecular formula is C24H24BrClN4O3. The number of hydrogen-bond acceptors (Lipinski definition) is 7. The Kier molecular flexibility index (Phi) is 5.30. The van der Waals surface area contributed by atoms with Gasteiger partial charge in [0.1, 0.15) is 22.0 Å². The number of nitrogen functional groups attached to an aromatic ring is 1. The van der Waals surface area contributed by atoms with Crippen LogP contribution in [0.4, 0.5) is 5.82 Å². The predicted octanol–water partition coefficient (Wildman–Crippen LogP) is 4.69. The number of fused-ring (bicyclic) bond motifs is 5. The monoisotopic (exact) mass is 530 g/mol. The molecular weight excluding hydrogens is 508 g/mol. The Bertz CT molecular complexity index is 1260. The van der Waals surface area contributed by atoms with Gasteiger partial charge < -0.3 is 20.3 Å². The van der Waals surface area contributed by atoms with Crippen LogP contribution >= 0.6 is 27.5 Å². The lowest BCUT2D eigenvalue weighted by Gasteiger charge is -2.40. The third-order valence-corrected chi connectivity index (χ3v) is 7.45. The van der Waals surface area contributed by atoms with Gasteiger partial charge in [-0.15, -0.1) is 11.6 Å². The van der Waals surface area contributed by atoms with Crippen LogP contribution in [0.3, 0.4) is 0 Å². The standard InChI is InChI=1S/C24H24BrClN4O3/c1-4-5-15-18-20(29-17(11-26)30-22(18)27)23(31)16-10-12(2)28-21(25)19(16)33-24(15,23)13-6-8-14(32-3)9-7-13/h6-10,15,31H,4-5,11H2,1-3H3,(H2,27,29,30)/t15-,23+,24+/m1/s1. The highest BCUT2D eigenvalue weighted by atomic mass is 79.9. The Hall–Kier alpha value is -2.42. The second kappa shape index (κ2) is 7.82. The van der Waals surface area contributed by atoms with Crippen LogP contribution in [-0.2, 0) is 17.1 Å². The largest absolute Gasteiger partial charge is 0.497 e. The molecule has 0 amide bonds. The maximum atomic E-state index is 12.8. The molecule has 3 aromatic rings. The molecule has 1 aromatic carbocycles. The van der Waals surface area contributed by atoms with Crippen molar-refractivity contribution in [2.24, 2.45) is 0 Å². The van der Waals surface area contributed by atoms with E-state index in [0.717, 1.165) is 17.7 Å². The van der Waals surface area contributed by atoms with Gasteiger partial charge in [-0.3, -0.25) is 0 Å². The Morgan fingerprint density at radius 1 is 1.24 bits per heavy atom. The average Bonchev–Trinajstić information content (AvgIpc) is 3.19. The van der Waals surface area contributed by atoms with Gasteiger partial charge in [0, 0.05) is 22.7 Å². The van der Waals surface area contributed by atoms with Crippen molar-refractivity contribution in [3.8, 4) is 11.5 Å². The van der Waals surface area contributed by atoms with Crippen LogP contribution in [0.1, 0.15) is 59.6 Å². The van der Waals surface area contributed by atoms with Crippen LogP contribution < -0.4 is 15.2 Å². The van der Waals surface area contributed by atoms with Crippen LogP contribution in [0.15, 0.2) is 34.9 Å². The van der Waals surface area contributed by atoms with Crippen LogP contribution in [0.25, 0.3) is 0 Å². The van der Waals surface area contributed by atoms with Crippen molar-refractivity contribution >= 4 is 33.3 Å². The average molecular weight is 532 g/mol. The minimum Gasteiger partial charge on any atom is -0.497 e. The number of aliphatic hydroxyl groups is 1. The number of methoxy groups -OCH3 is 1. The van der Waals surface area contributed by atoms with E-state index >= 15 is 0 Å². The number of nitrogens with two attached hydrogens (primary N) is 1. The molecule has 0 spiro atoms. The quantitative estimate of drug-likeness (QED) is 0.363. The van der Waals surface area contributed by atoms with Crippen molar-refractivity contribution in [2.75, 3.05) is 12.8 Å². The van der Waals surface area contributed by atoms with Crippen LogP contribution in [0.5, 0.6) is 11.5 Å². The van der Waals surface area contributed by atoms with Crippen molar-refractivity contribution in [3.63, 3.8) is 0 Å². The van der Waals surface area contributed by atoms with E-state index in [9.17, 15) is 5.11 Å². The first kappa shape index (κ1) is 22.4. The van der Waals surface area contributed by atoms with Gasteiger partial charge in [-0.05, 0) is 53.0 Å². The smallest absolute Gasteiger partial charge is 0.180 e. The molecule has 3 N–H and O–H groups in total. The van der Waals surface area contributed by atoms with Gasteiger partial charge in [0.05, 0.1) is 18.7 Å². The fraction of sp³-hybridized carbons (Fsp3) is 0.375. The summed E-state index contributed by atoms with van der Waals surface area (Å²) in [6, 6.07) is 9.42. The predicted molar refractivity (Wildman–Crippen MR) is 129 cm³/mol. The summed E-state index contributed by atoms with van der Waals surface area (Å²) in [6.45, 7) is 3.96. The Labute approximate surface area is 205 Å². The first-order valence-corrected chi connectivity index (χ1v) is 12.1. The van der Waals surface area contributed by atoms with Gasteiger partial charge in [-0.1, -0.05) is 25.5 Å². The van der Waals surface area contributed by atoms with Crippen molar-refractivity contribution in [3.05, 3.63) is 68.8 Å². The van der Waals surface area contributed by atoms with Gasteiger partial charge in [0.2, 0.25) is 0 Å². The minimum absolute atomic E-state index is 0.0777. The highest BCUT2D eigenvalue weighted by Gasteiger charge is 2.72. The molecule has 1 aliphatic carbocycles. The second-order valence-electron chi connectivity index (χ2n) is 8.47. The van der Waals surface area contributed by atoms with Crippen molar-refractivity contribution in [1.82, 2.24) is 15.0 Å². The number of nitrogens with zero attached hydrogens (tertiary/aromatic N) is 3. The van der Waals surface area contributed by atoms with Crippen molar-refractivity contribution < 1.29 is 14.6 Å².